The molecule has 7 rings (SSSR count). The SMILES string of the molecule is Cc1ccc2c(c1Nc1ccccc1)C1(OC2=O)c2ccccc2Oc2c(NC3(C)CCCCC3(C)C)cccc21. The molecular weight excluding hydrogens is 508 g/mol. The number of aryl methyl sites for hydroxylation is 1. The van der Waals surface area contributed by atoms with Gasteiger partial charge in [-0.2, -0.15) is 0 Å². The van der Waals surface area contributed by atoms with Gasteiger partial charge in [0.1, 0.15) is 5.75 Å². The molecule has 2 N–H and O–H groups in total. The number of hydrogen-bond acceptors (Lipinski definition) is 5. The van der Waals surface area contributed by atoms with Crippen LogP contribution in [0.2, 0.25) is 0 Å². The average Bonchev–Trinajstić information content (AvgIpc) is 3.26. The predicted octanol–water partition coefficient (Wildman–Crippen LogP) is 9.08. The molecule has 0 saturated heterocycles. The monoisotopic (exact) mass is 544 g/mol. The lowest BCUT2D eigenvalue weighted by atomic mass is 9.64. The molecule has 5 nitrogen and oxygen atoms in total. The molecule has 4 aromatic carbocycles. The zero-order valence-corrected chi connectivity index (χ0v) is 24.1. The van der Waals surface area contributed by atoms with Crippen LogP contribution in [0.3, 0.4) is 0 Å². The zero-order valence-electron chi connectivity index (χ0n) is 24.1. The number of nitrogens with one attached hydrogen (secondary N) is 2. The van der Waals surface area contributed by atoms with Crippen molar-refractivity contribution in [2.75, 3.05) is 10.6 Å². The molecular formula is C36H36N2O3. The Labute approximate surface area is 241 Å². The topological polar surface area (TPSA) is 59.6 Å². The van der Waals surface area contributed by atoms with Gasteiger partial charge in [-0.25, -0.2) is 4.79 Å². The highest BCUT2D eigenvalue weighted by atomic mass is 16.6. The van der Waals surface area contributed by atoms with Gasteiger partial charge in [0, 0.05) is 27.9 Å². The van der Waals surface area contributed by atoms with E-state index in [0.717, 1.165) is 52.2 Å². The van der Waals surface area contributed by atoms with Crippen molar-refractivity contribution in [3.05, 3.63) is 113 Å². The van der Waals surface area contributed by atoms with E-state index >= 15 is 0 Å². The summed E-state index contributed by atoms with van der Waals surface area (Å²) in [6, 6.07) is 28.1. The van der Waals surface area contributed by atoms with E-state index in [1.54, 1.807) is 0 Å². The van der Waals surface area contributed by atoms with E-state index < -0.39 is 5.60 Å². The average molecular weight is 545 g/mol. The number of fused-ring (bicyclic) bond motifs is 6. The standard InChI is InChI=1S/C36H36N2O3/c1-23-19-20-25-30(31(23)37-24-13-6-5-7-14-24)36(41-33(25)39)26-15-8-9-18-29(26)40-32-27(36)16-12-17-28(32)38-35(4)22-11-10-21-34(35,2)3/h5-9,12-20,37-38H,10-11,21-22H2,1-4H3. The Balaban J connectivity index is 1.47. The third kappa shape index (κ3) is 3.78. The van der Waals surface area contributed by atoms with Crippen molar-refractivity contribution in [2.45, 2.75) is 64.5 Å². The number of ether oxygens (including phenoxy) is 2. The molecule has 1 spiro atoms. The number of carbonyl (C=O) groups is 1. The molecule has 2 atom stereocenters. The van der Waals surface area contributed by atoms with Crippen LogP contribution in [0.5, 0.6) is 11.5 Å². The maximum absolute atomic E-state index is 13.7. The summed E-state index contributed by atoms with van der Waals surface area (Å²) in [6.07, 6.45) is 4.67. The lowest BCUT2D eigenvalue weighted by molar-refractivity contribution is 0.0226. The first-order valence-corrected chi connectivity index (χ1v) is 14.6. The number of anilines is 3. The largest absolute Gasteiger partial charge is 0.454 e. The van der Waals surface area contributed by atoms with Crippen molar-refractivity contribution in [1.82, 2.24) is 0 Å². The van der Waals surface area contributed by atoms with Crippen LogP contribution < -0.4 is 15.4 Å². The summed E-state index contributed by atoms with van der Waals surface area (Å²) in [7, 11) is 0. The summed E-state index contributed by atoms with van der Waals surface area (Å²) in [5, 5.41) is 7.57. The van der Waals surface area contributed by atoms with E-state index in [1.165, 1.54) is 12.8 Å². The highest BCUT2D eigenvalue weighted by Crippen LogP contribution is 2.60. The van der Waals surface area contributed by atoms with Gasteiger partial charge in [-0.05, 0) is 68.0 Å². The molecule has 4 aromatic rings. The fourth-order valence-corrected chi connectivity index (χ4v) is 7.01. The molecule has 5 heteroatoms. The second-order valence-corrected chi connectivity index (χ2v) is 12.6. The Hall–Kier alpha value is -4.25. The molecule has 41 heavy (non-hydrogen) atoms. The molecule has 0 amide bonds. The van der Waals surface area contributed by atoms with Gasteiger partial charge in [0.05, 0.1) is 16.9 Å². The van der Waals surface area contributed by atoms with Crippen molar-refractivity contribution in [3.63, 3.8) is 0 Å². The molecule has 1 saturated carbocycles. The van der Waals surface area contributed by atoms with Crippen LogP contribution in [-0.2, 0) is 10.3 Å². The van der Waals surface area contributed by atoms with Gasteiger partial charge in [0.2, 0.25) is 0 Å². The Kier molecular flexibility index (Phi) is 5.73. The lowest BCUT2D eigenvalue weighted by Gasteiger charge is -2.49. The van der Waals surface area contributed by atoms with Gasteiger partial charge in [-0.1, -0.05) is 81.3 Å². The van der Waals surface area contributed by atoms with E-state index in [4.69, 9.17) is 9.47 Å². The Morgan fingerprint density at radius 1 is 0.780 bits per heavy atom. The molecule has 2 heterocycles. The highest BCUT2D eigenvalue weighted by Gasteiger charge is 2.56. The van der Waals surface area contributed by atoms with Gasteiger partial charge in [0.25, 0.3) is 0 Å². The molecule has 208 valence electrons. The molecule has 0 aromatic heterocycles. The van der Waals surface area contributed by atoms with Crippen molar-refractivity contribution in [3.8, 4) is 11.5 Å². The van der Waals surface area contributed by atoms with E-state index in [-0.39, 0.29) is 16.9 Å². The van der Waals surface area contributed by atoms with Crippen molar-refractivity contribution in [1.29, 1.82) is 0 Å². The number of hydrogen-bond donors (Lipinski definition) is 2. The van der Waals surface area contributed by atoms with E-state index in [9.17, 15) is 4.79 Å². The van der Waals surface area contributed by atoms with Gasteiger partial charge < -0.3 is 20.1 Å². The first-order valence-electron chi connectivity index (χ1n) is 14.6. The van der Waals surface area contributed by atoms with Crippen LogP contribution in [0.15, 0.2) is 84.9 Å². The maximum Gasteiger partial charge on any atom is 0.340 e. The van der Waals surface area contributed by atoms with Crippen LogP contribution in [0.1, 0.15) is 79.1 Å². The minimum absolute atomic E-state index is 0.106. The van der Waals surface area contributed by atoms with Crippen LogP contribution >= 0.6 is 0 Å². The van der Waals surface area contributed by atoms with Gasteiger partial charge >= 0.3 is 5.97 Å². The van der Waals surface area contributed by atoms with Gasteiger partial charge in [-0.3, -0.25) is 0 Å². The summed E-state index contributed by atoms with van der Waals surface area (Å²) < 4.78 is 13.3. The molecule has 3 aliphatic rings. The number of esters is 1. The van der Waals surface area contributed by atoms with Crippen molar-refractivity contribution >= 4 is 23.0 Å². The lowest BCUT2D eigenvalue weighted by Crippen LogP contribution is -2.50. The Bertz CT molecular complexity index is 1680. The smallest absolute Gasteiger partial charge is 0.340 e. The molecule has 2 unspecified atom stereocenters. The number of para-hydroxylation sites is 3. The predicted molar refractivity (Wildman–Crippen MR) is 163 cm³/mol. The second kappa shape index (κ2) is 9.13. The van der Waals surface area contributed by atoms with Crippen LogP contribution in [0, 0.1) is 12.3 Å². The number of benzene rings is 4. The van der Waals surface area contributed by atoms with Gasteiger partial charge in [-0.15, -0.1) is 0 Å². The molecule has 1 fully saturated rings. The summed E-state index contributed by atoms with van der Waals surface area (Å²) in [6.45, 7) is 9.10. The summed E-state index contributed by atoms with van der Waals surface area (Å²) in [5.41, 5.74) is 5.63. The highest BCUT2D eigenvalue weighted by molar-refractivity contribution is 6.00. The number of carbonyl (C=O) groups excluding carboxylic acids is 1. The first kappa shape index (κ1) is 25.7. The fraction of sp³-hybridized carbons (Fsp3) is 0.306. The Morgan fingerprint density at radius 2 is 1.51 bits per heavy atom. The summed E-state index contributed by atoms with van der Waals surface area (Å²) >= 11 is 0. The van der Waals surface area contributed by atoms with E-state index in [0.29, 0.717) is 17.1 Å². The molecule has 0 bridgehead atoms. The van der Waals surface area contributed by atoms with Gasteiger partial charge in [0.15, 0.2) is 11.4 Å². The van der Waals surface area contributed by atoms with Crippen LogP contribution in [0.25, 0.3) is 0 Å². The van der Waals surface area contributed by atoms with Crippen LogP contribution in [-0.4, -0.2) is 11.5 Å². The molecule has 1 aliphatic carbocycles. The van der Waals surface area contributed by atoms with Crippen LogP contribution in [0.4, 0.5) is 17.1 Å². The number of rotatable bonds is 4. The van der Waals surface area contributed by atoms with E-state index in [2.05, 4.69) is 44.4 Å². The third-order valence-corrected chi connectivity index (χ3v) is 9.78. The minimum atomic E-state index is -1.17. The summed E-state index contributed by atoms with van der Waals surface area (Å²) in [5.74, 6) is 1.06. The third-order valence-electron chi connectivity index (χ3n) is 9.78. The van der Waals surface area contributed by atoms with E-state index in [1.807, 2.05) is 78.9 Å². The summed E-state index contributed by atoms with van der Waals surface area (Å²) in [4.78, 5) is 13.7. The molecule has 0 radical (unpaired) electrons. The zero-order chi connectivity index (χ0) is 28.4. The Morgan fingerprint density at radius 3 is 2.32 bits per heavy atom. The fourth-order valence-electron chi connectivity index (χ4n) is 7.01. The maximum atomic E-state index is 13.7. The quantitative estimate of drug-likeness (QED) is 0.251. The minimum Gasteiger partial charge on any atom is -0.454 e. The normalized spacial score (nSPS) is 23.6. The van der Waals surface area contributed by atoms with Crippen molar-refractivity contribution in [2.24, 2.45) is 5.41 Å². The first-order chi connectivity index (χ1) is 19.7. The second-order valence-electron chi connectivity index (χ2n) is 12.6. The van der Waals surface area contributed by atoms with Crippen molar-refractivity contribution < 1.29 is 14.3 Å². The molecule has 2 aliphatic heterocycles.